The van der Waals surface area contributed by atoms with E-state index in [4.69, 9.17) is 5.73 Å². The number of hydrogen-bond donors (Lipinski definition) is 5. The van der Waals surface area contributed by atoms with E-state index in [1.807, 2.05) is 36.4 Å². The van der Waals surface area contributed by atoms with Crippen LogP contribution in [-0.2, 0) is 32.5 Å². The summed E-state index contributed by atoms with van der Waals surface area (Å²) in [6.07, 6.45) is 6.22. The fourth-order valence-corrected chi connectivity index (χ4v) is 10.2. The van der Waals surface area contributed by atoms with Crippen LogP contribution in [0.5, 0.6) is 0 Å². The number of aliphatic imine (C=N–C) groups is 2. The van der Waals surface area contributed by atoms with Crippen LogP contribution in [0, 0.1) is 0 Å². The lowest BCUT2D eigenvalue weighted by Gasteiger charge is -2.26. The van der Waals surface area contributed by atoms with E-state index in [9.17, 15) is 16.8 Å². The van der Waals surface area contributed by atoms with Gasteiger partial charge in [-0.05, 0) is 122 Å². The number of rotatable bonds is 8. The van der Waals surface area contributed by atoms with Gasteiger partial charge in [0.2, 0.25) is 19.7 Å². The molecule has 0 saturated carbocycles. The molecule has 4 aromatic rings. The van der Waals surface area contributed by atoms with E-state index >= 15 is 0 Å². The highest BCUT2D eigenvalue weighted by Crippen LogP contribution is 2.35. The van der Waals surface area contributed by atoms with Crippen LogP contribution < -0.4 is 21.7 Å². The molecule has 0 amide bonds. The van der Waals surface area contributed by atoms with Gasteiger partial charge in [0.25, 0.3) is 0 Å². The number of benzene rings is 4. The van der Waals surface area contributed by atoms with Crippen molar-refractivity contribution in [2.75, 3.05) is 45.0 Å². The Morgan fingerprint density at radius 2 is 1.19 bits per heavy atom. The molecule has 2 aliphatic heterocycles. The van der Waals surface area contributed by atoms with Crippen LogP contribution in [0.4, 0.5) is 0 Å². The first-order valence-corrected chi connectivity index (χ1v) is 22.3. The number of nitrogens with zero attached hydrogens (tertiary/aromatic N) is 2. The maximum atomic E-state index is 12.9. The second kappa shape index (κ2) is 18.4. The highest BCUT2D eigenvalue weighted by Gasteiger charge is 2.25. The molecule has 2 aliphatic carbocycles. The van der Waals surface area contributed by atoms with Gasteiger partial charge in [0.15, 0.2) is 5.96 Å². The van der Waals surface area contributed by atoms with Gasteiger partial charge in [0.05, 0.1) is 32.7 Å². The predicted octanol–water partition coefficient (Wildman–Crippen LogP) is 5.30. The Hall–Kier alpha value is -4.17. The van der Waals surface area contributed by atoms with Crippen molar-refractivity contribution >= 4 is 44.1 Å². The van der Waals surface area contributed by atoms with Crippen molar-refractivity contribution < 1.29 is 16.8 Å². The Bertz CT molecular complexity index is 2160. The number of amidine groups is 1. The van der Waals surface area contributed by atoms with E-state index in [-0.39, 0.29) is 0 Å². The quantitative estimate of drug-likeness (QED) is 0.151. The summed E-state index contributed by atoms with van der Waals surface area (Å²) in [4.78, 5) is 9.91. The van der Waals surface area contributed by atoms with Crippen molar-refractivity contribution in [2.24, 2.45) is 15.7 Å². The van der Waals surface area contributed by atoms with Gasteiger partial charge in [-0.1, -0.05) is 48.5 Å². The Balaban J connectivity index is 0.000000159. The molecule has 10 nitrogen and oxygen atoms in total. The number of nitrogens with one attached hydrogen (secondary N) is 3. The van der Waals surface area contributed by atoms with E-state index in [0.717, 1.165) is 99.9 Å². The topological polar surface area (TPSA) is 155 Å². The first-order chi connectivity index (χ1) is 26.2. The van der Waals surface area contributed by atoms with Crippen molar-refractivity contribution in [3.05, 3.63) is 119 Å². The van der Waals surface area contributed by atoms with E-state index in [2.05, 4.69) is 38.6 Å². The molecule has 0 saturated heterocycles. The van der Waals surface area contributed by atoms with Crippen LogP contribution in [0.3, 0.4) is 0 Å². The third kappa shape index (κ3) is 9.55. The Morgan fingerprint density at radius 1 is 0.667 bits per heavy atom. The maximum absolute atomic E-state index is 12.9. The predicted molar refractivity (Wildman–Crippen MR) is 220 cm³/mol. The van der Waals surface area contributed by atoms with Crippen LogP contribution in [0.25, 0.3) is 0 Å². The highest BCUT2D eigenvalue weighted by molar-refractivity contribution is 7.91. The number of hydrogen-bond acceptors (Lipinski definition) is 11. The van der Waals surface area contributed by atoms with Gasteiger partial charge >= 0.3 is 0 Å². The zero-order chi connectivity index (χ0) is 38.0. The minimum atomic E-state index is -3.46. The Morgan fingerprint density at radius 3 is 1.65 bits per heavy atom. The van der Waals surface area contributed by atoms with Crippen molar-refractivity contribution in [2.45, 2.75) is 69.9 Å². The zero-order valence-corrected chi connectivity index (χ0v) is 33.0. The molecule has 2 atom stereocenters. The molecule has 13 heteroatoms. The van der Waals surface area contributed by atoms with E-state index in [1.165, 1.54) is 11.1 Å². The second-order valence-corrected chi connectivity index (χ2v) is 17.9. The van der Waals surface area contributed by atoms with E-state index < -0.39 is 19.7 Å². The summed E-state index contributed by atoms with van der Waals surface area (Å²) in [6.45, 7) is 5.09. The van der Waals surface area contributed by atoms with E-state index in [1.54, 1.807) is 60.7 Å². The second-order valence-electron chi connectivity index (χ2n) is 13.7. The molecule has 2 unspecified atom stereocenters. The van der Waals surface area contributed by atoms with Gasteiger partial charge in [-0.3, -0.25) is 9.98 Å². The molecule has 0 spiro atoms. The number of sulfone groups is 2. The molecule has 0 radical (unpaired) electrons. The maximum Gasteiger partial charge on any atom is 0.206 e. The van der Waals surface area contributed by atoms with Crippen LogP contribution >= 0.6 is 12.6 Å². The van der Waals surface area contributed by atoms with Crippen LogP contribution in [-0.4, -0.2) is 73.7 Å². The van der Waals surface area contributed by atoms with Crippen molar-refractivity contribution in [3.63, 3.8) is 0 Å². The third-order valence-electron chi connectivity index (χ3n) is 10.2. The molecule has 8 rings (SSSR count). The van der Waals surface area contributed by atoms with Crippen LogP contribution in [0.2, 0.25) is 0 Å². The van der Waals surface area contributed by atoms with Gasteiger partial charge in [-0.2, -0.15) is 12.6 Å². The number of fused-ring (bicyclic) bond motifs is 2. The highest BCUT2D eigenvalue weighted by atomic mass is 32.2. The monoisotopic (exact) mass is 786 g/mol. The first-order valence-electron chi connectivity index (χ1n) is 18.7. The van der Waals surface area contributed by atoms with Gasteiger partial charge < -0.3 is 21.7 Å². The molecule has 4 aromatic carbocycles. The van der Waals surface area contributed by atoms with Crippen molar-refractivity contribution in [3.8, 4) is 0 Å². The van der Waals surface area contributed by atoms with Crippen LogP contribution in [0.1, 0.15) is 59.8 Å². The summed E-state index contributed by atoms with van der Waals surface area (Å²) in [6, 6.07) is 28.3. The molecular formula is C41H50N6O4S3. The third-order valence-corrected chi connectivity index (χ3v) is 14.0. The van der Waals surface area contributed by atoms with Gasteiger partial charge in [0.1, 0.15) is 5.84 Å². The average molecular weight is 787 g/mol. The standard InChI is InChI=1S/C20H23N3O2S.C17H19NO2S.C4H8N2S/c24-26(25,17-7-2-1-3-8-17)18-9-10-19-15(13-18)5-4-6-16(19)14-23-20-21-11-12-22-20;18-12-14-6-4-5-13-11-16(9-10-17(13)14)21(19,20)15-7-2-1-3-8-15;7-3-4-5-1-2-6-4/h1-3,7-10,13,16H,4-6,11-12,14H2,(H2,21,22,23);1-3,7-11,14H,4-6,12,18H2;7H,1-3H2,(H,5,6). The summed E-state index contributed by atoms with van der Waals surface area (Å²) in [5, 5.41) is 9.69. The fourth-order valence-electron chi connectivity index (χ4n) is 7.33. The van der Waals surface area contributed by atoms with Gasteiger partial charge in [0, 0.05) is 31.3 Å². The van der Waals surface area contributed by atoms with Gasteiger partial charge in [-0.15, -0.1) is 0 Å². The number of thiol groups is 1. The summed E-state index contributed by atoms with van der Waals surface area (Å²) in [7, 11) is -6.89. The minimum absolute atomic E-state index is 0.344. The number of aryl methyl sites for hydroxylation is 2. The molecule has 0 fully saturated rings. The fraction of sp³-hybridized carbons (Fsp3) is 0.366. The van der Waals surface area contributed by atoms with Crippen LogP contribution in [0.15, 0.2) is 127 Å². The molecule has 54 heavy (non-hydrogen) atoms. The largest absolute Gasteiger partial charge is 0.371 e. The summed E-state index contributed by atoms with van der Waals surface area (Å²) < 4.78 is 51.0. The lowest BCUT2D eigenvalue weighted by molar-refractivity contribution is 0.539. The Labute approximate surface area is 325 Å². The van der Waals surface area contributed by atoms with Gasteiger partial charge in [-0.25, -0.2) is 16.8 Å². The molecule has 0 bridgehead atoms. The number of guanidine groups is 1. The average Bonchev–Trinajstić information content (AvgIpc) is 3.96. The molecule has 0 aromatic heterocycles. The summed E-state index contributed by atoms with van der Waals surface area (Å²) in [5.74, 6) is 3.41. The molecular weight excluding hydrogens is 737 g/mol. The molecule has 5 N–H and O–H groups in total. The first kappa shape index (κ1) is 39.5. The lowest BCUT2D eigenvalue weighted by Crippen LogP contribution is -2.37. The van der Waals surface area contributed by atoms with Crippen molar-refractivity contribution in [1.29, 1.82) is 0 Å². The molecule has 2 heterocycles. The van der Waals surface area contributed by atoms with E-state index in [0.29, 0.717) is 38.0 Å². The molecule has 286 valence electrons. The lowest BCUT2D eigenvalue weighted by atomic mass is 9.83. The normalized spacial score (nSPS) is 18.9. The zero-order valence-electron chi connectivity index (χ0n) is 30.5. The summed E-state index contributed by atoms with van der Waals surface area (Å²) in [5.41, 5.74) is 10.6. The van der Waals surface area contributed by atoms with Crippen molar-refractivity contribution in [1.82, 2.24) is 16.0 Å². The molecule has 4 aliphatic rings. The smallest absolute Gasteiger partial charge is 0.206 e. The Kier molecular flexibility index (Phi) is 13.5. The SMILES string of the molecule is NCC1CCCc2cc(S(=O)(=O)c3ccccc3)ccc21.O=S(=O)(c1ccccc1)c1ccc2c(c1)CCCC2CNC1=NCCN1.SCC1=NCCN1. The minimum Gasteiger partial charge on any atom is -0.371 e. The number of nitrogens with two attached hydrogens (primary N) is 1. The summed E-state index contributed by atoms with van der Waals surface area (Å²) >= 11 is 4.02.